The van der Waals surface area contributed by atoms with Crippen molar-refractivity contribution >= 4 is 38.6 Å². The van der Waals surface area contributed by atoms with Crippen molar-refractivity contribution in [3.8, 4) is 5.19 Å². The Bertz CT molecular complexity index is 964. The predicted molar refractivity (Wildman–Crippen MR) is 105 cm³/mol. The van der Waals surface area contributed by atoms with Gasteiger partial charge in [-0.15, -0.1) is 0 Å². The molecule has 0 saturated carbocycles. The molecule has 1 aliphatic carbocycles. The predicted octanol–water partition coefficient (Wildman–Crippen LogP) is 3.65. The zero-order chi connectivity index (χ0) is 17.9. The highest BCUT2D eigenvalue weighted by Crippen LogP contribution is 2.48. The van der Waals surface area contributed by atoms with Crippen molar-refractivity contribution < 1.29 is 4.74 Å². The van der Waals surface area contributed by atoms with Gasteiger partial charge in [-0.2, -0.15) is 5.10 Å². The molecule has 3 aromatic rings. The summed E-state index contributed by atoms with van der Waals surface area (Å²) in [7, 11) is 1.70. The van der Waals surface area contributed by atoms with Crippen LogP contribution in [0.1, 0.15) is 29.1 Å². The standard InChI is InChI=1S/C18H20BrN5OS/c1-11-15(19)24-13(3-6-20-24)16(21-11)23-7-4-18(5-8-23)9-12-14(10-18)26-17(22-12)25-2/h3,6H,4-5,7-10H2,1-2H3. The van der Waals surface area contributed by atoms with Crippen molar-refractivity contribution in [3.63, 3.8) is 0 Å². The van der Waals surface area contributed by atoms with Crippen LogP contribution in [0.5, 0.6) is 5.19 Å². The molecular formula is C18H20BrN5OS. The molecule has 1 aliphatic heterocycles. The fourth-order valence-electron chi connectivity index (χ4n) is 4.31. The van der Waals surface area contributed by atoms with Gasteiger partial charge >= 0.3 is 0 Å². The van der Waals surface area contributed by atoms with E-state index in [1.54, 1.807) is 18.4 Å². The van der Waals surface area contributed by atoms with Crippen molar-refractivity contribution in [3.05, 3.63) is 33.1 Å². The average molecular weight is 434 g/mol. The summed E-state index contributed by atoms with van der Waals surface area (Å²) in [6.45, 7) is 4.08. The molecule has 0 aromatic carbocycles. The highest BCUT2D eigenvalue weighted by atomic mass is 79.9. The van der Waals surface area contributed by atoms with E-state index in [2.05, 4.69) is 30.9 Å². The first-order valence-electron chi connectivity index (χ1n) is 8.86. The Kier molecular flexibility index (Phi) is 3.76. The number of ether oxygens (including phenoxy) is 1. The minimum absolute atomic E-state index is 0.373. The lowest BCUT2D eigenvalue weighted by Crippen LogP contribution is -2.41. The van der Waals surface area contributed by atoms with E-state index in [-0.39, 0.29) is 0 Å². The van der Waals surface area contributed by atoms with Gasteiger partial charge in [-0.3, -0.25) is 0 Å². The third kappa shape index (κ3) is 2.45. The van der Waals surface area contributed by atoms with Crippen LogP contribution in [-0.4, -0.2) is 39.8 Å². The number of halogens is 1. The molecule has 0 amide bonds. The van der Waals surface area contributed by atoms with Crippen LogP contribution < -0.4 is 9.64 Å². The number of piperidine rings is 1. The SMILES string of the molecule is COc1nc2c(s1)CC1(CCN(c3nc(C)c(Br)n4nccc34)CC1)C2. The van der Waals surface area contributed by atoms with E-state index < -0.39 is 0 Å². The molecular weight excluding hydrogens is 414 g/mol. The third-order valence-corrected chi connectivity index (χ3v) is 7.73. The summed E-state index contributed by atoms with van der Waals surface area (Å²) >= 11 is 5.31. The van der Waals surface area contributed by atoms with E-state index in [1.807, 2.05) is 23.7 Å². The van der Waals surface area contributed by atoms with Gasteiger partial charge in [0, 0.05) is 18.0 Å². The first-order valence-corrected chi connectivity index (χ1v) is 10.5. The normalized spacial score (nSPS) is 18.7. The fraction of sp³-hybridized carbons (Fsp3) is 0.500. The molecule has 1 saturated heterocycles. The quantitative estimate of drug-likeness (QED) is 0.617. The van der Waals surface area contributed by atoms with Crippen LogP contribution in [-0.2, 0) is 12.8 Å². The van der Waals surface area contributed by atoms with Crippen molar-refractivity contribution in [2.75, 3.05) is 25.1 Å². The molecule has 26 heavy (non-hydrogen) atoms. The van der Waals surface area contributed by atoms with Crippen LogP contribution >= 0.6 is 27.3 Å². The molecule has 0 atom stereocenters. The molecule has 6 nitrogen and oxygen atoms in total. The summed E-state index contributed by atoms with van der Waals surface area (Å²) in [5, 5.41) is 5.23. The summed E-state index contributed by atoms with van der Waals surface area (Å²) in [5.74, 6) is 1.05. The van der Waals surface area contributed by atoms with E-state index in [0.717, 1.165) is 52.8 Å². The molecule has 0 N–H and O–H groups in total. The first kappa shape index (κ1) is 16.5. The monoisotopic (exact) mass is 433 g/mol. The molecule has 1 fully saturated rings. The van der Waals surface area contributed by atoms with Crippen LogP contribution in [0.25, 0.3) is 5.52 Å². The van der Waals surface area contributed by atoms with Crippen molar-refractivity contribution in [1.29, 1.82) is 0 Å². The number of hydrogen-bond donors (Lipinski definition) is 0. The van der Waals surface area contributed by atoms with Crippen molar-refractivity contribution in [2.24, 2.45) is 5.41 Å². The minimum Gasteiger partial charge on any atom is -0.473 e. The van der Waals surface area contributed by atoms with E-state index in [9.17, 15) is 0 Å². The first-order chi connectivity index (χ1) is 12.6. The van der Waals surface area contributed by atoms with Crippen LogP contribution in [0.3, 0.4) is 0 Å². The lowest BCUT2D eigenvalue weighted by atomic mass is 9.76. The maximum Gasteiger partial charge on any atom is 0.273 e. The molecule has 2 aliphatic rings. The zero-order valence-electron chi connectivity index (χ0n) is 14.8. The maximum atomic E-state index is 5.29. The summed E-state index contributed by atoms with van der Waals surface area (Å²) in [6.07, 6.45) is 6.42. The zero-order valence-corrected chi connectivity index (χ0v) is 17.2. The molecule has 8 heteroatoms. The number of fused-ring (bicyclic) bond motifs is 2. The molecule has 0 unspecified atom stereocenters. The van der Waals surface area contributed by atoms with Crippen LogP contribution in [0.2, 0.25) is 0 Å². The topological polar surface area (TPSA) is 55.5 Å². The second-order valence-electron chi connectivity index (χ2n) is 7.33. The number of aryl methyl sites for hydroxylation is 1. The number of methoxy groups -OCH3 is 1. The minimum atomic E-state index is 0.373. The second-order valence-corrected chi connectivity index (χ2v) is 9.13. The molecule has 0 bridgehead atoms. The molecule has 5 rings (SSSR count). The molecule has 4 heterocycles. The Labute approximate surface area is 164 Å². The van der Waals surface area contributed by atoms with Crippen LogP contribution in [0.15, 0.2) is 16.9 Å². The van der Waals surface area contributed by atoms with Gasteiger partial charge < -0.3 is 9.64 Å². The van der Waals surface area contributed by atoms with Gasteiger partial charge in [-0.25, -0.2) is 14.5 Å². The number of thiazole rings is 1. The van der Waals surface area contributed by atoms with Crippen molar-refractivity contribution in [1.82, 2.24) is 19.6 Å². The number of aromatic nitrogens is 4. The summed E-state index contributed by atoms with van der Waals surface area (Å²) in [5.41, 5.74) is 3.67. The summed E-state index contributed by atoms with van der Waals surface area (Å²) < 4.78 is 8.16. The Morgan fingerprint density at radius 1 is 1.23 bits per heavy atom. The summed E-state index contributed by atoms with van der Waals surface area (Å²) in [4.78, 5) is 13.3. The van der Waals surface area contributed by atoms with Crippen LogP contribution in [0, 0.1) is 12.3 Å². The Balaban J connectivity index is 1.38. The number of anilines is 1. The molecule has 3 aromatic heterocycles. The Morgan fingerprint density at radius 3 is 2.77 bits per heavy atom. The van der Waals surface area contributed by atoms with Gasteiger partial charge in [0.2, 0.25) is 0 Å². The molecule has 0 radical (unpaired) electrons. The smallest absolute Gasteiger partial charge is 0.273 e. The average Bonchev–Trinajstić information content (AvgIpc) is 3.32. The van der Waals surface area contributed by atoms with E-state index in [1.165, 1.54) is 23.4 Å². The third-order valence-electron chi connectivity index (χ3n) is 5.76. The highest BCUT2D eigenvalue weighted by Gasteiger charge is 2.42. The van der Waals surface area contributed by atoms with Gasteiger partial charge in [0.05, 0.1) is 24.7 Å². The van der Waals surface area contributed by atoms with Gasteiger partial charge in [-0.05, 0) is 60.0 Å². The number of nitrogens with zero attached hydrogens (tertiary/aromatic N) is 5. The Morgan fingerprint density at radius 2 is 2.04 bits per heavy atom. The Hall–Kier alpha value is -1.67. The largest absolute Gasteiger partial charge is 0.473 e. The number of hydrogen-bond acceptors (Lipinski definition) is 6. The van der Waals surface area contributed by atoms with Crippen molar-refractivity contribution in [2.45, 2.75) is 32.6 Å². The lowest BCUT2D eigenvalue weighted by Gasteiger charge is -2.40. The molecule has 1 spiro atoms. The fourth-order valence-corrected chi connectivity index (χ4v) is 5.74. The van der Waals surface area contributed by atoms with E-state index >= 15 is 0 Å². The van der Waals surface area contributed by atoms with E-state index in [4.69, 9.17) is 9.72 Å². The number of rotatable bonds is 2. The highest BCUT2D eigenvalue weighted by molar-refractivity contribution is 9.10. The lowest BCUT2D eigenvalue weighted by molar-refractivity contribution is 0.231. The second kappa shape index (κ2) is 5.92. The van der Waals surface area contributed by atoms with E-state index in [0.29, 0.717) is 5.41 Å². The van der Waals surface area contributed by atoms with Gasteiger partial charge in [-0.1, -0.05) is 11.3 Å². The van der Waals surface area contributed by atoms with Crippen LogP contribution in [0.4, 0.5) is 5.82 Å². The van der Waals surface area contributed by atoms with Gasteiger partial charge in [0.15, 0.2) is 5.82 Å². The maximum absolute atomic E-state index is 5.29. The summed E-state index contributed by atoms with van der Waals surface area (Å²) in [6, 6.07) is 2.04. The molecule has 136 valence electrons. The van der Waals surface area contributed by atoms with Gasteiger partial charge in [0.1, 0.15) is 10.1 Å². The van der Waals surface area contributed by atoms with Gasteiger partial charge in [0.25, 0.3) is 5.19 Å².